The van der Waals surface area contributed by atoms with Crippen molar-refractivity contribution >= 4 is 5.82 Å². The van der Waals surface area contributed by atoms with Gasteiger partial charge in [0.25, 0.3) is 0 Å². The first kappa shape index (κ1) is 21.4. The number of aromatic nitrogens is 5. The lowest BCUT2D eigenvalue weighted by Crippen LogP contribution is -2.70. The van der Waals surface area contributed by atoms with E-state index in [2.05, 4.69) is 25.5 Å². The number of phenols is 1. The molecule has 9 nitrogen and oxygen atoms in total. The Kier molecular flexibility index (Phi) is 5.12. The summed E-state index contributed by atoms with van der Waals surface area (Å²) in [6.07, 6.45) is 2.21. The van der Waals surface area contributed by atoms with Gasteiger partial charge in [-0.3, -0.25) is 4.57 Å². The minimum absolute atomic E-state index is 0.0282. The van der Waals surface area contributed by atoms with Gasteiger partial charge in [-0.1, -0.05) is 6.07 Å². The molecule has 1 saturated carbocycles. The van der Waals surface area contributed by atoms with E-state index in [1.165, 1.54) is 17.0 Å². The number of benzene rings is 1. The molecule has 4 atom stereocenters. The molecule has 172 valence electrons. The number of nitrogens with zero attached hydrogens (tertiary/aromatic N) is 6. The Hall–Kier alpha value is -3.40. The third kappa shape index (κ3) is 3.64. The van der Waals surface area contributed by atoms with Crippen LogP contribution in [0, 0.1) is 5.92 Å². The van der Waals surface area contributed by atoms with Gasteiger partial charge in [0.1, 0.15) is 18.2 Å². The van der Waals surface area contributed by atoms with Crippen molar-refractivity contribution in [2.24, 2.45) is 13.0 Å². The lowest BCUT2D eigenvalue weighted by Gasteiger charge is -2.54. The topological polar surface area (TPSA) is 109 Å². The van der Waals surface area contributed by atoms with E-state index in [1.54, 1.807) is 31.3 Å². The zero-order chi connectivity index (χ0) is 23.3. The number of halogens is 1. The SMILES string of the molecule is CN(c1ccc(-c2ccc(-c3ncn(C)c(=O)n3)cc2O)nn1)[C@@H]1[C@@H]2CC[C@@](C)(NC2)[C@H]1F. The maximum Gasteiger partial charge on any atom is 0.350 e. The molecule has 1 aromatic carbocycles. The third-order valence-corrected chi connectivity index (χ3v) is 7.04. The van der Waals surface area contributed by atoms with Gasteiger partial charge in [-0.15, -0.1) is 10.2 Å². The number of rotatable bonds is 4. The predicted molar refractivity (Wildman–Crippen MR) is 122 cm³/mol. The Labute approximate surface area is 190 Å². The third-order valence-electron chi connectivity index (χ3n) is 7.04. The molecule has 33 heavy (non-hydrogen) atoms. The average molecular weight is 452 g/mol. The summed E-state index contributed by atoms with van der Waals surface area (Å²) in [6, 6.07) is 8.19. The Morgan fingerprint density at radius 1 is 1.27 bits per heavy atom. The van der Waals surface area contributed by atoms with Crippen LogP contribution in [-0.2, 0) is 7.05 Å². The van der Waals surface area contributed by atoms with E-state index in [1.807, 2.05) is 18.9 Å². The van der Waals surface area contributed by atoms with Gasteiger partial charge >= 0.3 is 5.69 Å². The zero-order valence-corrected chi connectivity index (χ0v) is 18.7. The maximum atomic E-state index is 15.3. The minimum Gasteiger partial charge on any atom is -0.507 e. The van der Waals surface area contributed by atoms with Crippen LogP contribution in [-0.4, -0.2) is 61.2 Å². The molecular formula is C23H26FN7O2. The second kappa shape index (κ2) is 7.87. The number of hydrogen-bond acceptors (Lipinski definition) is 8. The van der Waals surface area contributed by atoms with Crippen LogP contribution in [0.5, 0.6) is 5.75 Å². The fraction of sp³-hybridized carbons (Fsp3) is 0.435. The lowest BCUT2D eigenvalue weighted by molar-refractivity contribution is 0.0102. The molecule has 3 aliphatic rings. The molecule has 2 aromatic heterocycles. The van der Waals surface area contributed by atoms with Crippen LogP contribution in [0.25, 0.3) is 22.6 Å². The van der Waals surface area contributed by atoms with Crippen LogP contribution in [0.1, 0.15) is 19.8 Å². The monoisotopic (exact) mass is 451 g/mol. The highest BCUT2D eigenvalue weighted by Gasteiger charge is 2.53. The highest BCUT2D eigenvalue weighted by Crippen LogP contribution is 2.42. The Bertz CT molecular complexity index is 1240. The molecular weight excluding hydrogens is 425 g/mol. The van der Waals surface area contributed by atoms with Crippen molar-refractivity contribution in [2.75, 3.05) is 18.5 Å². The summed E-state index contributed by atoms with van der Waals surface area (Å²) >= 11 is 0. The largest absolute Gasteiger partial charge is 0.507 e. The molecule has 4 heterocycles. The number of aromatic hydroxyl groups is 1. The summed E-state index contributed by atoms with van der Waals surface area (Å²) in [5, 5.41) is 22.5. The Morgan fingerprint density at radius 2 is 2.09 bits per heavy atom. The molecule has 3 fully saturated rings. The van der Waals surface area contributed by atoms with Crippen LogP contribution in [0.15, 0.2) is 41.5 Å². The molecule has 2 bridgehead atoms. The number of phenolic OH excluding ortho intramolecular Hbond substituents is 1. The standard InChI is InChI=1S/C23H26FN7O2/c1-23-9-8-14(11-26-23)19(20(23)24)31(3)18-7-6-16(28-29-18)15-5-4-13(10-17(15)32)21-25-12-30(2)22(33)27-21/h4-7,10,12,14,19-20,26,32H,8-9,11H2,1-3H3/t14-,19-,20+,23-/m1/s1. The maximum absolute atomic E-state index is 15.3. The first-order valence-corrected chi connectivity index (χ1v) is 11.0. The van der Waals surface area contributed by atoms with Crippen molar-refractivity contribution in [2.45, 2.75) is 37.5 Å². The number of anilines is 1. The number of hydrogen-bond donors (Lipinski definition) is 2. The highest BCUT2D eigenvalue weighted by molar-refractivity contribution is 5.72. The van der Waals surface area contributed by atoms with Crippen molar-refractivity contribution in [1.29, 1.82) is 0 Å². The van der Waals surface area contributed by atoms with Crippen LogP contribution in [0.4, 0.5) is 10.2 Å². The summed E-state index contributed by atoms with van der Waals surface area (Å²) in [7, 11) is 3.43. The number of nitrogens with one attached hydrogen (secondary N) is 1. The molecule has 0 spiro atoms. The summed E-state index contributed by atoms with van der Waals surface area (Å²) in [4.78, 5) is 21.7. The van der Waals surface area contributed by atoms with Crippen LogP contribution >= 0.6 is 0 Å². The van der Waals surface area contributed by atoms with E-state index >= 15 is 4.39 Å². The van der Waals surface area contributed by atoms with Gasteiger partial charge in [0.15, 0.2) is 11.6 Å². The molecule has 0 radical (unpaired) electrons. The molecule has 2 N–H and O–H groups in total. The summed E-state index contributed by atoms with van der Waals surface area (Å²) in [5.41, 5.74) is 0.557. The second-order valence-electron chi connectivity index (χ2n) is 9.18. The van der Waals surface area contributed by atoms with E-state index in [9.17, 15) is 9.90 Å². The summed E-state index contributed by atoms with van der Waals surface area (Å²) in [6.45, 7) is 2.75. The van der Waals surface area contributed by atoms with Crippen LogP contribution < -0.4 is 15.9 Å². The molecule has 10 heteroatoms. The predicted octanol–water partition coefficient (Wildman–Crippen LogP) is 1.92. The first-order chi connectivity index (χ1) is 15.8. The van der Waals surface area contributed by atoms with Crippen LogP contribution in [0.2, 0.25) is 0 Å². The van der Waals surface area contributed by atoms with Gasteiger partial charge in [0.2, 0.25) is 0 Å². The Balaban J connectivity index is 1.38. The smallest absolute Gasteiger partial charge is 0.350 e. The van der Waals surface area contributed by atoms with Gasteiger partial charge in [-0.2, -0.15) is 4.98 Å². The summed E-state index contributed by atoms with van der Waals surface area (Å²) in [5.74, 6) is 1.02. The van der Waals surface area contributed by atoms with Gasteiger partial charge in [-0.25, -0.2) is 14.2 Å². The van der Waals surface area contributed by atoms with Gasteiger partial charge in [-0.05, 0) is 49.9 Å². The quantitative estimate of drug-likeness (QED) is 0.619. The second-order valence-corrected chi connectivity index (χ2v) is 9.18. The van der Waals surface area contributed by atoms with E-state index in [4.69, 9.17) is 0 Å². The van der Waals surface area contributed by atoms with Crippen molar-refractivity contribution in [3.63, 3.8) is 0 Å². The molecule has 0 amide bonds. The molecule has 0 unspecified atom stereocenters. The fourth-order valence-electron chi connectivity index (χ4n) is 4.92. The molecule has 6 rings (SSSR count). The number of alkyl halides is 1. The van der Waals surface area contributed by atoms with Gasteiger partial charge < -0.3 is 15.3 Å². The van der Waals surface area contributed by atoms with Crippen molar-refractivity contribution < 1.29 is 9.50 Å². The molecule has 2 saturated heterocycles. The first-order valence-electron chi connectivity index (χ1n) is 11.0. The van der Waals surface area contributed by atoms with E-state index in [-0.39, 0.29) is 23.5 Å². The average Bonchev–Trinajstić information content (AvgIpc) is 2.82. The highest BCUT2D eigenvalue weighted by atomic mass is 19.1. The van der Waals surface area contributed by atoms with Gasteiger partial charge in [0, 0.05) is 37.3 Å². The van der Waals surface area contributed by atoms with E-state index in [0.717, 1.165) is 19.4 Å². The van der Waals surface area contributed by atoms with Crippen molar-refractivity contribution in [3.05, 3.63) is 47.1 Å². The zero-order valence-electron chi connectivity index (χ0n) is 18.7. The summed E-state index contributed by atoms with van der Waals surface area (Å²) < 4.78 is 16.5. The molecule has 2 aliphatic heterocycles. The Morgan fingerprint density at radius 3 is 2.73 bits per heavy atom. The van der Waals surface area contributed by atoms with E-state index < -0.39 is 17.4 Å². The molecule has 1 aliphatic carbocycles. The van der Waals surface area contributed by atoms with Crippen LogP contribution in [0.3, 0.4) is 0 Å². The lowest BCUT2D eigenvalue weighted by atomic mass is 9.68. The minimum atomic E-state index is -0.995. The number of aryl methyl sites for hydroxylation is 1. The normalized spacial score (nSPS) is 26.4. The molecule has 3 aromatic rings. The fourth-order valence-corrected chi connectivity index (χ4v) is 4.92. The van der Waals surface area contributed by atoms with Gasteiger partial charge in [0.05, 0.1) is 11.7 Å². The number of piperidine rings is 2. The van der Waals surface area contributed by atoms with Crippen molar-refractivity contribution in [1.82, 2.24) is 30.0 Å². The van der Waals surface area contributed by atoms with Crippen molar-refractivity contribution in [3.8, 4) is 28.4 Å². The number of fused-ring (bicyclic) bond motifs is 3. The van der Waals surface area contributed by atoms with E-state index in [0.29, 0.717) is 22.6 Å².